The van der Waals surface area contributed by atoms with Crippen LogP contribution in [0.4, 0.5) is 18.0 Å². The van der Waals surface area contributed by atoms with Gasteiger partial charge >= 0.3 is 12.7 Å². The molecule has 0 spiro atoms. The molecule has 1 heterocycles. The second kappa shape index (κ2) is 9.57. The Labute approximate surface area is 177 Å². The lowest BCUT2D eigenvalue weighted by Crippen LogP contribution is -2.50. The van der Waals surface area contributed by atoms with Gasteiger partial charge in [0.25, 0.3) is 0 Å². The number of alkyl halides is 2. The van der Waals surface area contributed by atoms with Gasteiger partial charge in [-0.25, -0.2) is 9.18 Å². The summed E-state index contributed by atoms with van der Waals surface area (Å²) < 4.78 is 48.1. The van der Waals surface area contributed by atoms with Gasteiger partial charge in [-0.1, -0.05) is 24.3 Å². The van der Waals surface area contributed by atoms with E-state index in [0.29, 0.717) is 17.5 Å². The van der Waals surface area contributed by atoms with Crippen LogP contribution in [0.1, 0.15) is 36.9 Å². The topological polar surface area (TPSA) is 79.2 Å². The lowest BCUT2D eigenvalue weighted by atomic mass is 9.83. The molecular weight excluding hydrogens is 415 g/mol. The Hall–Kier alpha value is -2.78. The highest BCUT2D eigenvalue weighted by Crippen LogP contribution is 2.40. The Morgan fingerprint density at radius 3 is 2.35 bits per heavy atom. The minimum Gasteiger partial charge on any atom is -0.438 e. The average Bonchev–Trinajstić information content (AvgIpc) is 2.74. The van der Waals surface area contributed by atoms with Crippen molar-refractivity contribution in [3.8, 4) is 5.75 Å². The number of carbonyl (C=O) groups excluding carboxylic acids is 1. The first-order chi connectivity index (χ1) is 14.7. The molecule has 1 amide bonds. The minimum absolute atomic E-state index is 0.0143. The van der Waals surface area contributed by atoms with Gasteiger partial charge in [0, 0.05) is 19.4 Å². The summed E-state index contributed by atoms with van der Waals surface area (Å²) in [7, 11) is 0. The largest absolute Gasteiger partial charge is 0.438 e. The fourth-order valence-electron chi connectivity index (χ4n) is 3.79. The lowest BCUT2D eigenvalue weighted by molar-refractivity contribution is -0.0892. The van der Waals surface area contributed by atoms with Crippen LogP contribution < -0.4 is 4.74 Å². The number of benzene rings is 2. The number of aliphatic hydroxyl groups excluding tert-OH is 2. The van der Waals surface area contributed by atoms with E-state index in [2.05, 4.69) is 4.74 Å². The second-order valence-corrected chi connectivity index (χ2v) is 7.48. The van der Waals surface area contributed by atoms with Crippen molar-refractivity contribution in [2.24, 2.45) is 0 Å². The van der Waals surface area contributed by atoms with Crippen molar-refractivity contribution in [1.29, 1.82) is 0 Å². The van der Waals surface area contributed by atoms with Crippen LogP contribution in [0.5, 0.6) is 5.75 Å². The Kier molecular flexibility index (Phi) is 7.07. The summed E-state index contributed by atoms with van der Waals surface area (Å²) in [6, 6.07) is 11.0. The highest BCUT2D eigenvalue weighted by atomic mass is 19.3. The van der Waals surface area contributed by atoms with Gasteiger partial charge in [0.15, 0.2) is 0 Å². The van der Waals surface area contributed by atoms with E-state index in [1.807, 2.05) is 0 Å². The first-order valence-corrected chi connectivity index (χ1v) is 9.83. The van der Waals surface area contributed by atoms with Gasteiger partial charge in [-0.3, -0.25) is 0 Å². The minimum atomic E-state index is -2.92. The summed E-state index contributed by atoms with van der Waals surface area (Å²) in [5.41, 5.74) is 0.0109. The molecule has 168 valence electrons. The number of hydrogen-bond donors (Lipinski definition) is 2. The van der Waals surface area contributed by atoms with Gasteiger partial charge in [-0.2, -0.15) is 8.78 Å². The molecule has 9 heteroatoms. The first-order valence-electron chi connectivity index (χ1n) is 9.83. The molecule has 2 aromatic rings. The smallest absolute Gasteiger partial charge is 0.411 e. The van der Waals surface area contributed by atoms with Gasteiger partial charge < -0.3 is 24.6 Å². The molecule has 1 aliphatic rings. The summed E-state index contributed by atoms with van der Waals surface area (Å²) in [5, 5.41) is 19.3. The number of nitrogens with zero attached hydrogens (tertiary/aromatic N) is 1. The summed E-state index contributed by atoms with van der Waals surface area (Å²) in [4.78, 5) is 14.4. The van der Waals surface area contributed by atoms with Crippen molar-refractivity contribution in [3.63, 3.8) is 0 Å². The molecule has 3 rings (SSSR count). The molecule has 0 saturated carbocycles. The highest BCUT2D eigenvalue weighted by Gasteiger charge is 2.44. The van der Waals surface area contributed by atoms with E-state index in [0.717, 1.165) is 0 Å². The standard InChI is InChI=1S/C22H24F3NO5/c1-14(15-2-8-19(9-3-15)30-20(24)25)26-11-10-22(31-21(26)29,12-18(28)13-27)16-4-6-17(23)7-5-16/h2-9,14,18,20,27-28H,10-13H2,1H3/t14-,18?,22-/m0/s1. The van der Waals surface area contributed by atoms with Crippen LogP contribution in [0.2, 0.25) is 0 Å². The molecule has 1 saturated heterocycles. The van der Waals surface area contributed by atoms with Crippen LogP contribution in [-0.4, -0.2) is 47.1 Å². The molecule has 1 fully saturated rings. The fraction of sp³-hybridized carbons (Fsp3) is 0.409. The number of rotatable bonds is 8. The average molecular weight is 439 g/mol. The van der Waals surface area contributed by atoms with Crippen molar-refractivity contribution in [1.82, 2.24) is 4.90 Å². The van der Waals surface area contributed by atoms with E-state index in [1.165, 1.54) is 41.3 Å². The van der Waals surface area contributed by atoms with Crippen LogP contribution in [-0.2, 0) is 10.3 Å². The van der Waals surface area contributed by atoms with Crippen molar-refractivity contribution in [3.05, 3.63) is 65.5 Å². The van der Waals surface area contributed by atoms with E-state index in [4.69, 9.17) is 4.74 Å². The maximum absolute atomic E-state index is 13.4. The third kappa shape index (κ3) is 5.29. The van der Waals surface area contributed by atoms with Crippen LogP contribution in [0.25, 0.3) is 0 Å². The first kappa shape index (κ1) is 22.9. The maximum atomic E-state index is 13.4. The summed E-state index contributed by atoms with van der Waals surface area (Å²) >= 11 is 0. The molecule has 0 radical (unpaired) electrons. The van der Waals surface area contributed by atoms with E-state index in [1.54, 1.807) is 19.1 Å². The molecule has 1 aliphatic heterocycles. The van der Waals surface area contributed by atoms with Crippen LogP contribution in [0, 0.1) is 5.82 Å². The van der Waals surface area contributed by atoms with Crippen molar-refractivity contribution in [2.45, 2.75) is 44.1 Å². The van der Waals surface area contributed by atoms with Crippen molar-refractivity contribution >= 4 is 6.09 Å². The van der Waals surface area contributed by atoms with E-state index < -0.39 is 42.9 Å². The zero-order valence-electron chi connectivity index (χ0n) is 16.9. The summed E-state index contributed by atoms with van der Waals surface area (Å²) in [6.07, 6.45) is -1.49. The third-order valence-corrected chi connectivity index (χ3v) is 5.48. The molecule has 6 nitrogen and oxygen atoms in total. The zero-order valence-corrected chi connectivity index (χ0v) is 16.9. The van der Waals surface area contributed by atoms with Crippen LogP contribution in [0.15, 0.2) is 48.5 Å². The van der Waals surface area contributed by atoms with Gasteiger partial charge in [0.2, 0.25) is 0 Å². The summed E-state index contributed by atoms with van der Waals surface area (Å²) in [5.74, 6) is -0.432. The molecule has 3 atom stereocenters. The number of ether oxygens (including phenoxy) is 2. The Bertz CT molecular complexity index is 878. The van der Waals surface area contributed by atoms with E-state index in [-0.39, 0.29) is 18.7 Å². The van der Waals surface area contributed by atoms with Crippen molar-refractivity contribution in [2.75, 3.05) is 13.2 Å². The Morgan fingerprint density at radius 2 is 1.81 bits per heavy atom. The Morgan fingerprint density at radius 1 is 1.16 bits per heavy atom. The highest BCUT2D eigenvalue weighted by molar-refractivity contribution is 5.70. The molecule has 2 aromatic carbocycles. The number of halogens is 3. The maximum Gasteiger partial charge on any atom is 0.411 e. The normalized spacial score (nSPS) is 21.0. The SMILES string of the molecule is C[C@@H](c1ccc(OC(F)F)cc1)N1CC[C@](CC(O)CO)(c2ccc(F)cc2)OC1=O. The molecule has 0 aromatic heterocycles. The number of aliphatic hydroxyl groups is 2. The molecule has 0 aliphatic carbocycles. The number of carbonyl (C=O) groups is 1. The fourth-order valence-corrected chi connectivity index (χ4v) is 3.79. The van der Waals surface area contributed by atoms with Gasteiger partial charge in [0.1, 0.15) is 17.2 Å². The number of hydrogen-bond acceptors (Lipinski definition) is 5. The predicted molar refractivity (Wildman–Crippen MR) is 105 cm³/mol. The quantitative estimate of drug-likeness (QED) is 0.651. The summed E-state index contributed by atoms with van der Waals surface area (Å²) in [6.45, 7) is -1.38. The van der Waals surface area contributed by atoms with Crippen molar-refractivity contribution < 1.29 is 37.7 Å². The molecule has 2 N–H and O–H groups in total. The van der Waals surface area contributed by atoms with Gasteiger partial charge in [-0.15, -0.1) is 0 Å². The molecule has 1 unspecified atom stereocenters. The number of amides is 1. The number of cyclic esters (lactones) is 1. The molecule has 31 heavy (non-hydrogen) atoms. The molecular formula is C22H24F3NO5. The van der Waals surface area contributed by atoms with Gasteiger partial charge in [-0.05, 0) is 42.3 Å². The monoisotopic (exact) mass is 439 g/mol. The Balaban J connectivity index is 1.79. The third-order valence-electron chi connectivity index (χ3n) is 5.48. The van der Waals surface area contributed by atoms with E-state index >= 15 is 0 Å². The molecule has 0 bridgehead atoms. The predicted octanol–water partition coefficient (Wildman–Crippen LogP) is 3.97. The lowest BCUT2D eigenvalue weighted by Gasteiger charge is -2.44. The van der Waals surface area contributed by atoms with Crippen LogP contribution >= 0.6 is 0 Å². The van der Waals surface area contributed by atoms with Crippen LogP contribution in [0.3, 0.4) is 0 Å². The van der Waals surface area contributed by atoms with E-state index in [9.17, 15) is 28.2 Å². The zero-order chi connectivity index (χ0) is 22.6. The second-order valence-electron chi connectivity index (χ2n) is 7.48. The van der Waals surface area contributed by atoms with Gasteiger partial charge in [0.05, 0.1) is 18.8 Å².